The predicted octanol–water partition coefficient (Wildman–Crippen LogP) is 4.56. The molecule has 1 saturated heterocycles. The average molecular weight is 299 g/mol. The highest BCUT2D eigenvalue weighted by Gasteiger charge is 2.46. The Bertz CT molecular complexity index is 456. The van der Waals surface area contributed by atoms with Crippen LogP contribution in [0.4, 0.5) is 0 Å². The number of halogens is 1. The lowest BCUT2D eigenvalue weighted by molar-refractivity contribution is 0.103. The maximum absolute atomic E-state index is 10.6. The fraction of sp³-hybridized carbons (Fsp3) is 0.625. The summed E-state index contributed by atoms with van der Waals surface area (Å²) in [6, 6.07) is 8.34. The smallest absolute Gasteiger partial charge is 0.0634 e. The quantitative estimate of drug-likeness (QED) is 0.808. The van der Waals surface area contributed by atoms with Crippen molar-refractivity contribution in [2.24, 2.45) is 0 Å². The highest BCUT2D eigenvalue weighted by atomic mass is 35.5. The fourth-order valence-corrected chi connectivity index (χ4v) is 5.66. The van der Waals surface area contributed by atoms with Gasteiger partial charge in [-0.05, 0) is 31.4 Å². The predicted molar refractivity (Wildman–Crippen MR) is 85.1 cm³/mol. The minimum Gasteiger partial charge on any atom is -0.392 e. The van der Waals surface area contributed by atoms with Gasteiger partial charge in [0.15, 0.2) is 0 Å². The van der Waals surface area contributed by atoms with Gasteiger partial charge in [-0.25, -0.2) is 0 Å². The molecule has 0 amide bonds. The van der Waals surface area contributed by atoms with Crippen molar-refractivity contribution in [3.8, 4) is 0 Å². The second-order valence-corrected chi connectivity index (χ2v) is 9.22. The molecule has 0 radical (unpaired) electrons. The zero-order chi connectivity index (χ0) is 14.3. The minimum atomic E-state index is -0.295. The summed E-state index contributed by atoms with van der Waals surface area (Å²) >= 11 is 7.90. The molecule has 0 saturated carbocycles. The van der Waals surface area contributed by atoms with Crippen LogP contribution in [0.5, 0.6) is 0 Å². The van der Waals surface area contributed by atoms with E-state index in [0.717, 1.165) is 12.0 Å². The summed E-state index contributed by atoms with van der Waals surface area (Å²) in [5.74, 6) is 0.684. The van der Waals surface area contributed by atoms with Crippen LogP contribution >= 0.6 is 23.4 Å². The lowest BCUT2D eigenvalue weighted by Crippen LogP contribution is -2.46. The third-order valence-corrected chi connectivity index (χ3v) is 5.65. The molecule has 1 N–H and O–H groups in total. The van der Waals surface area contributed by atoms with Crippen molar-refractivity contribution in [2.75, 3.05) is 0 Å². The Morgan fingerprint density at radius 3 is 2.58 bits per heavy atom. The Kier molecular flexibility index (Phi) is 4.25. The van der Waals surface area contributed by atoms with Gasteiger partial charge in [0, 0.05) is 21.3 Å². The second kappa shape index (κ2) is 5.31. The SMILES string of the molecule is CC1(C)C[C@H](O)C(c2cccc(CCl)c2)C(C)(C)S1. The van der Waals surface area contributed by atoms with Crippen molar-refractivity contribution in [2.45, 2.75) is 61.5 Å². The Hall–Kier alpha value is -0.180. The molecule has 1 unspecified atom stereocenters. The first-order chi connectivity index (χ1) is 8.75. The Morgan fingerprint density at radius 1 is 1.32 bits per heavy atom. The normalized spacial score (nSPS) is 29.2. The summed E-state index contributed by atoms with van der Waals surface area (Å²) in [4.78, 5) is 0. The van der Waals surface area contributed by atoms with Gasteiger partial charge in [0.2, 0.25) is 0 Å². The van der Waals surface area contributed by atoms with Crippen molar-refractivity contribution >= 4 is 23.4 Å². The van der Waals surface area contributed by atoms with Crippen LogP contribution in [0.25, 0.3) is 0 Å². The van der Waals surface area contributed by atoms with E-state index in [1.54, 1.807) is 0 Å². The molecule has 1 aromatic carbocycles. The Balaban J connectivity index is 2.37. The second-order valence-electron chi connectivity index (χ2n) is 6.59. The third-order valence-electron chi connectivity index (χ3n) is 3.84. The summed E-state index contributed by atoms with van der Waals surface area (Å²) in [7, 11) is 0. The van der Waals surface area contributed by atoms with Crippen LogP contribution in [0, 0.1) is 0 Å². The molecule has 1 heterocycles. The van der Waals surface area contributed by atoms with E-state index in [-0.39, 0.29) is 21.5 Å². The van der Waals surface area contributed by atoms with Crippen LogP contribution < -0.4 is 0 Å². The van der Waals surface area contributed by atoms with E-state index in [1.807, 2.05) is 23.9 Å². The van der Waals surface area contributed by atoms with E-state index in [0.29, 0.717) is 5.88 Å². The van der Waals surface area contributed by atoms with Gasteiger partial charge < -0.3 is 5.11 Å². The largest absolute Gasteiger partial charge is 0.392 e. The van der Waals surface area contributed by atoms with Crippen LogP contribution in [0.3, 0.4) is 0 Å². The van der Waals surface area contributed by atoms with E-state index in [4.69, 9.17) is 11.6 Å². The van der Waals surface area contributed by atoms with Crippen LogP contribution in [0.2, 0.25) is 0 Å². The number of aliphatic hydroxyl groups excluding tert-OH is 1. The van der Waals surface area contributed by atoms with Gasteiger partial charge in [0.1, 0.15) is 0 Å². The molecule has 1 aliphatic rings. The van der Waals surface area contributed by atoms with Gasteiger partial charge in [0.05, 0.1) is 6.10 Å². The van der Waals surface area contributed by atoms with Gasteiger partial charge >= 0.3 is 0 Å². The van der Waals surface area contributed by atoms with Crippen molar-refractivity contribution in [3.05, 3.63) is 35.4 Å². The molecular formula is C16H23ClOS. The third kappa shape index (κ3) is 3.29. The number of aliphatic hydroxyl groups is 1. The molecule has 0 bridgehead atoms. The van der Waals surface area contributed by atoms with Crippen LogP contribution in [0.1, 0.15) is 51.2 Å². The summed E-state index contributed by atoms with van der Waals surface area (Å²) in [6.45, 7) is 8.90. The van der Waals surface area contributed by atoms with Crippen molar-refractivity contribution in [1.29, 1.82) is 0 Å². The van der Waals surface area contributed by atoms with Gasteiger partial charge in [-0.1, -0.05) is 38.1 Å². The number of hydrogen-bond acceptors (Lipinski definition) is 2. The van der Waals surface area contributed by atoms with E-state index in [1.165, 1.54) is 5.56 Å². The first kappa shape index (κ1) is 15.2. The molecule has 1 fully saturated rings. The molecule has 19 heavy (non-hydrogen) atoms. The summed E-state index contributed by atoms with van der Waals surface area (Å²) in [5, 5.41) is 10.6. The maximum atomic E-state index is 10.6. The van der Waals surface area contributed by atoms with E-state index in [9.17, 15) is 5.11 Å². The minimum absolute atomic E-state index is 0.0199. The summed E-state index contributed by atoms with van der Waals surface area (Å²) in [5.41, 5.74) is 2.33. The molecule has 0 spiro atoms. The lowest BCUT2D eigenvalue weighted by atomic mass is 9.79. The monoisotopic (exact) mass is 298 g/mol. The number of rotatable bonds is 2. The zero-order valence-corrected chi connectivity index (χ0v) is 13.7. The van der Waals surface area contributed by atoms with E-state index >= 15 is 0 Å². The summed E-state index contributed by atoms with van der Waals surface area (Å²) < 4.78 is 0.148. The first-order valence-electron chi connectivity index (χ1n) is 6.78. The van der Waals surface area contributed by atoms with E-state index in [2.05, 4.69) is 39.8 Å². The number of hydrogen-bond donors (Lipinski definition) is 1. The lowest BCUT2D eigenvalue weighted by Gasteiger charge is -2.49. The van der Waals surface area contributed by atoms with Crippen molar-refractivity contribution in [3.63, 3.8) is 0 Å². The fourth-order valence-electron chi connectivity index (χ4n) is 3.40. The number of thioether (sulfide) groups is 1. The van der Waals surface area contributed by atoms with Gasteiger partial charge in [-0.15, -0.1) is 23.4 Å². The molecule has 2 atom stereocenters. The van der Waals surface area contributed by atoms with Crippen LogP contribution in [-0.4, -0.2) is 20.7 Å². The standard InChI is InChI=1S/C16H23ClOS/c1-15(2)9-13(18)14(16(3,4)19-15)12-7-5-6-11(8-12)10-17/h5-8,13-14,18H,9-10H2,1-4H3/t13-,14?/m0/s1. The number of alkyl halides is 1. The zero-order valence-electron chi connectivity index (χ0n) is 12.1. The molecule has 1 aromatic rings. The van der Waals surface area contributed by atoms with Crippen molar-refractivity contribution < 1.29 is 5.11 Å². The molecule has 0 aliphatic carbocycles. The average Bonchev–Trinajstić information content (AvgIpc) is 2.25. The number of benzene rings is 1. The Morgan fingerprint density at radius 2 is 2.00 bits per heavy atom. The highest BCUT2D eigenvalue weighted by Crippen LogP contribution is 2.54. The van der Waals surface area contributed by atoms with Gasteiger partial charge in [-0.3, -0.25) is 0 Å². The molecular weight excluding hydrogens is 276 g/mol. The molecule has 106 valence electrons. The molecule has 1 aliphatic heterocycles. The molecule has 3 heteroatoms. The topological polar surface area (TPSA) is 20.2 Å². The Labute approximate surface area is 125 Å². The van der Waals surface area contributed by atoms with Crippen LogP contribution in [-0.2, 0) is 5.88 Å². The van der Waals surface area contributed by atoms with Crippen LogP contribution in [0.15, 0.2) is 24.3 Å². The van der Waals surface area contributed by atoms with Gasteiger partial charge in [-0.2, -0.15) is 0 Å². The van der Waals surface area contributed by atoms with E-state index < -0.39 is 0 Å². The molecule has 0 aromatic heterocycles. The van der Waals surface area contributed by atoms with Crippen molar-refractivity contribution in [1.82, 2.24) is 0 Å². The first-order valence-corrected chi connectivity index (χ1v) is 8.13. The van der Waals surface area contributed by atoms with Gasteiger partial charge in [0.25, 0.3) is 0 Å². The molecule has 1 nitrogen and oxygen atoms in total. The summed E-state index contributed by atoms with van der Waals surface area (Å²) in [6.07, 6.45) is 0.536. The maximum Gasteiger partial charge on any atom is 0.0634 e. The highest BCUT2D eigenvalue weighted by molar-refractivity contribution is 8.02. The molecule has 2 rings (SSSR count).